The Bertz CT molecular complexity index is 684. The number of aliphatic hydroxyl groups excluding tert-OH is 1. The molecule has 0 amide bonds. The van der Waals surface area contributed by atoms with Crippen molar-refractivity contribution in [1.29, 1.82) is 0 Å². The summed E-state index contributed by atoms with van der Waals surface area (Å²) in [4.78, 5) is 2.10. The molecule has 0 aromatic heterocycles. The predicted octanol–water partition coefficient (Wildman–Crippen LogP) is 3.79. The van der Waals surface area contributed by atoms with Crippen LogP contribution in [0, 0.1) is 0 Å². The van der Waals surface area contributed by atoms with Crippen LogP contribution in [-0.2, 0) is 0 Å². The van der Waals surface area contributed by atoms with Crippen LogP contribution < -0.4 is 9.64 Å². The Morgan fingerprint density at radius 2 is 1.85 bits per heavy atom. The summed E-state index contributed by atoms with van der Waals surface area (Å²) in [6.07, 6.45) is 0. The SMILES string of the molecule is COc1cccc2c1C(C(O)=S)c1ccccc1N2C. The molecule has 0 saturated heterocycles. The molecule has 1 unspecified atom stereocenters. The molecule has 2 aromatic carbocycles. The number of rotatable bonds is 2. The van der Waals surface area contributed by atoms with Gasteiger partial charge >= 0.3 is 0 Å². The number of nitrogens with zero attached hydrogens (tertiary/aromatic N) is 1. The zero-order chi connectivity index (χ0) is 14.3. The van der Waals surface area contributed by atoms with E-state index in [1.807, 2.05) is 49.5 Å². The molecule has 1 aliphatic rings. The Kier molecular flexibility index (Phi) is 3.10. The minimum atomic E-state index is -0.330. The maximum absolute atomic E-state index is 10.0. The number of hydrogen-bond acceptors (Lipinski definition) is 3. The van der Waals surface area contributed by atoms with Crippen LogP contribution >= 0.6 is 12.2 Å². The van der Waals surface area contributed by atoms with E-state index < -0.39 is 0 Å². The third kappa shape index (κ3) is 1.76. The minimum absolute atomic E-state index is 0.0312. The monoisotopic (exact) mass is 285 g/mol. The van der Waals surface area contributed by atoms with Crippen LogP contribution in [0.15, 0.2) is 42.5 Å². The fourth-order valence-corrected chi connectivity index (χ4v) is 3.12. The summed E-state index contributed by atoms with van der Waals surface area (Å²) in [7, 11) is 3.64. The lowest BCUT2D eigenvalue weighted by Crippen LogP contribution is -2.25. The lowest BCUT2D eigenvalue weighted by Gasteiger charge is -2.35. The molecule has 3 rings (SSSR count). The number of ether oxygens (including phenoxy) is 1. The van der Waals surface area contributed by atoms with E-state index in [-0.39, 0.29) is 11.0 Å². The van der Waals surface area contributed by atoms with E-state index in [4.69, 9.17) is 17.0 Å². The molecule has 0 bridgehead atoms. The number of methoxy groups -OCH3 is 1. The van der Waals surface area contributed by atoms with Crippen LogP contribution in [0.4, 0.5) is 11.4 Å². The second-order valence-electron chi connectivity index (χ2n) is 4.78. The van der Waals surface area contributed by atoms with Gasteiger partial charge in [-0.3, -0.25) is 0 Å². The molecule has 0 fully saturated rings. The number of benzene rings is 2. The minimum Gasteiger partial charge on any atom is -0.501 e. The first-order valence-corrected chi connectivity index (χ1v) is 6.78. The maximum atomic E-state index is 10.0. The van der Waals surface area contributed by atoms with E-state index in [9.17, 15) is 5.11 Å². The molecular formula is C16H15NO2S. The van der Waals surface area contributed by atoms with Gasteiger partial charge in [0.05, 0.1) is 13.0 Å². The van der Waals surface area contributed by atoms with Crippen molar-refractivity contribution in [2.45, 2.75) is 5.92 Å². The summed E-state index contributed by atoms with van der Waals surface area (Å²) >= 11 is 5.10. The highest BCUT2D eigenvalue weighted by atomic mass is 32.1. The first kappa shape index (κ1) is 12.9. The highest BCUT2D eigenvalue weighted by Gasteiger charge is 2.33. The summed E-state index contributed by atoms with van der Waals surface area (Å²) < 4.78 is 5.46. The molecular weight excluding hydrogens is 270 g/mol. The Morgan fingerprint density at radius 3 is 2.55 bits per heavy atom. The van der Waals surface area contributed by atoms with Crippen molar-refractivity contribution in [2.24, 2.45) is 0 Å². The molecule has 0 aliphatic carbocycles. The molecule has 1 aliphatic heterocycles. The van der Waals surface area contributed by atoms with Crippen molar-refractivity contribution in [2.75, 3.05) is 19.1 Å². The van der Waals surface area contributed by atoms with Gasteiger partial charge in [0.2, 0.25) is 0 Å². The molecule has 1 atom stereocenters. The summed E-state index contributed by atoms with van der Waals surface area (Å²) in [6.45, 7) is 0. The standard InChI is InChI=1S/C16H15NO2S/c1-17-11-7-4-3-6-10(11)14(16(18)20)15-12(17)8-5-9-13(15)19-2/h3-9,14H,1-2H3,(H,18,20). The van der Waals surface area contributed by atoms with Crippen LogP contribution in [0.2, 0.25) is 0 Å². The first-order chi connectivity index (χ1) is 9.65. The summed E-state index contributed by atoms with van der Waals surface area (Å²) in [5.41, 5.74) is 3.97. The van der Waals surface area contributed by atoms with Crippen LogP contribution in [0.1, 0.15) is 17.0 Å². The van der Waals surface area contributed by atoms with Gasteiger partial charge in [0.25, 0.3) is 0 Å². The number of anilines is 2. The van der Waals surface area contributed by atoms with Crippen molar-refractivity contribution in [3.63, 3.8) is 0 Å². The zero-order valence-electron chi connectivity index (χ0n) is 11.3. The van der Waals surface area contributed by atoms with Gasteiger partial charge in [0.1, 0.15) is 5.75 Å². The second kappa shape index (κ2) is 4.80. The maximum Gasteiger partial charge on any atom is 0.169 e. The van der Waals surface area contributed by atoms with Crippen LogP contribution in [-0.4, -0.2) is 24.3 Å². The van der Waals surface area contributed by atoms with E-state index in [0.717, 1.165) is 28.3 Å². The van der Waals surface area contributed by atoms with Crippen LogP contribution in [0.5, 0.6) is 5.75 Å². The lowest BCUT2D eigenvalue weighted by molar-refractivity contribution is 0.408. The molecule has 0 radical (unpaired) electrons. The van der Waals surface area contributed by atoms with Gasteiger partial charge in [-0.1, -0.05) is 24.3 Å². The summed E-state index contributed by atoms with van der Waals surface area (Å²) in [5.74, 6) is 0.411. The summed E-state index contributed by atoms with van der Waals surface area (Å²) in [5, 5.41) is 10.0. The Balaban J connectivity index is 2.33. The fourth-order valence-electron chi connectivity index (χ4n) is 2.87. The molecule has 2 aromatic rings. The van der Waals surface area contributed by atoms with Gasteiger partial charge in [0.15, 0.2) is 5.05 Å². The molecule has 1 heterocycles. The first-order valence-electron chi connectivity index (χ1n) is 6.37. The Morgan fingerprint density at radius 1 is 1.15 bits per heavy atom. The molecule has 4 heteroatoms. The van der Waals surface area contributed by atoms with Crippen molar-refractivity contribution in [3.05, 3.63) is 53.6 Å². The highest BCUT2D eigenvalue weighted by Crippen LogP contribution is 2.48. The molecule has 102 valence electrons. The molecule has 1 N–H and O–H groups in total. The smallest absolute Gasteiger partial charge is 0.169 e. The quantitative estimate of drug-likeness (QED) is 0.851. The lowest BCUT2D eigenvalue weighted by atomic mass is 9.85. The van der Waals surface area contributed by atoms with E-state index in [2.05, 4.69) is 4.90 Å². The number of aliphatic hydroxyl groups is 1. The predicted molar refractivity (Wildman–Crippen MR) is 84.6 cm³/mol. The van der Waals surface area contributed by atoms with Crippen molar-refractivity contribution < 1.29 is 9.84 Å². The average molecular weight is 285 g/mol. The molecule has 0 saturated carbocycles. The third-order valence-corrected chi connectivity index (χ3v) is 4.00. The van der Waals surface area contributed by atoms with Crippen LogP contribution in [0.3, 0.4) is 0 Å². The average Bonchev–Trinajstić information content (AvgIpc) is 2.47. The van der Waals surface area contributed by atoms with Gasteiger partial charge in [-0.25, -0.2) is 0 Å². The van der Waals surface area contributed by atoms with Crippen molar-refractivity contribution in [3.8, 4) is 5.75 Å². The van der Waals surface area contributed by atoms with Gasteiger partial charge in [0, 0.05) is 24.0 Å². The second-order valence-corrected chi connectivity index (χ2v) is 5.20. The Labute approximate surface area is 123 Å². The van der Waals surface area contributed by atoms with Crippen LogP contribution in [0.25, 0.3) is 0 Å². The number of hydrogen-bond donors (Lipinski definition) is 1. The van der Waals surface area contributed by atoms with Crippen molar-refractivity contribution >= 4 is 28.6 Å². The van der Waals surface area contributed by atoms with Gasteiger partial charge < -0.3 is 14.7 Å². The zero-order valence-corrected chi connectivity index (χ0v) is 12.1. The van der Waals surface area contributed by atoms with Gasteiger partial charge in [-0.05, 0) is 36.0 Å². The number of thiocarbonyl (C=S) groups is 1. The third-order valence-electron chi connectivity index (χ3n) is 3.77. The topological polar surface area (TPSA) is 32.7 Å². The van der Waals surface area contributed by atoms with Gasteiger partial charge in [-0.2, -0.15) is 0 Å². The normalized spacial score (nSPS) is 16.3. The number of fused-ring (bicyclic) bond motifs is 2. The molecule has 3 nitrogen and oxygen atoms in total. The number of para-hydroxylation sites is 1. The largest absolute Gasteiger partial charge is 0.501 e. The van der Waals surface area contributed by atoms with E-state index >= 15 is 0 Å². The molecule has 0 spiro atoms. The molecule has 20 heavy (non-hydrogen) atoms. The Hall–Kier alpha value is -2.07. The van der Waals surface area contributed by atoms with E-state index in [1.54, 1.807) is 7.11 Å². The van der Waals surface area contributed by atoms with Crippen molar-refractivity contribution in [1.82, 2.24) is 0 Å². The highest BCUT2D eigenvalue weighted by molar-refractivity contribution is 7.80. The fraction of sp³-hybridized carbons (Fsp3) is 0.188. The van der Waals surface area contributed by atoms with Gasteiger partial charge in [-0.15, -0.1) is 0 Å². The van der Waals surface area contributed by atoms with E-state index in [0.29, 0.717) is 0 Å². The summed E-state index contributed by atoms with van der Waals surface area (Å²) in [6, 6.07) is 13.8. The van der Waals surface area contributed by atoms with E-state index in [1.165, 1.54) is 0 Å².